The number of non-ortho nitro benzene ring substituents is 1. The minimum Gasteiger partial charge on any atom is -0.497 e. The Labute approximate surface area is 256 Å². The predicted octanol–water partition coefficient (Wildman–Crippen LogP) is 3.16. The number of nitro groups is 1. The molecule has 1 saturated heterocycles. The number of ether oxygens (including phenoxy) is 3. The third-order valence-corrected chi connectivity index (χ3v) is 9.61. The molecule has 2 atom stereocenters. The summed E-state index contributed by atoms with van der Waals surface area (Å²) in [6.07, 6.45) is 0. The van der Waals surface area contributed by atoms with E-state index in [4.69, 9.17) is 14.2 Å². The van der Waals surface area contributed by atoms with Crippen molar-refractivity contribution in [2.75, 3.05) is 53.0 Å². The van der Waals surface area contributed by atoms with E-state index in [2.05, 4.69) is 4.99 Å². The largest absolute Gasteiger partial charge is 0.497 e. The third kappa shape index (κ3) is 7.14. The lowest BCUT2D eigenvalue weighted by atomic mass is 9.75. The van der Waals surface area contributed by atoms with Crippen LogP contribution in [0.1, 0.15) is 32.3 Å². The molecule has 0 amide bonds. The highest BCUT2D eigenvalue weighted by molar-refractivity contribution is 7.89. The molecule has 0 spiro atoms. The number of piperazine rings is 1. The second-order valence-corrected chi connectivity index (χ2v) is 12.3. The highest BCUT2D eigenvalue weighted by Gasteiger charge is 2.43. The zero-order valence-corrected chi connectivity index (χ0v) is 25.9. The van der Waals surface area contributed by atoms with Crippen molar-refractivity contribution in [3.63, 3.8) is 0 Å². The van der Waals surface area contributed by atoms with E-state index in [0.29, 0.717) is 42.4 Å². The zero-order valence-electron chi connectivity index (χ0n) is 25.1. The summed E-state index contributed by atoms with van der Waals surface area (Å²) in [5.41, 5.74) is 1.12. The molecule has 2 heterocycles. The number of sulfonamides is 1. The Kier molecular flexibility index (Phi) is 10.5. The third-order valence-electron chi connectivity index (χ3n) is 7.70. The number of aliphatic imine (C=N–C) groups is 1. The molecule has 0 bridgehead atoms. The van der Waals surface area contributed by atoms with Crippen molar-refractivity contribution in [1.29, 1.82) is 0 Å². The van der Waals surface area contributed by atoms with E-state index in [1.54, 1.807) is 39.0 Å². The molecule has 0 aliphatic carbocycles. The van der Waals surface area contributed by atoms with Crippen LogP contribution in [0.5, 0.6) is 5.75 Å². The van der Waals surface area contributed by atoms with Gasteiger partial charge >= 0.3 is 11.9 Å². The monoisotopic (exact) mass is 628 g/mol. The van der Waals surface area contributed by atoms with Gasteiger partial charge in [-0.1, -0.05) is 12.1 Å². The lowest BCUT2D eigenvalue weighted by Crippen LogP contribution is -2.49. The van der Waals surface area contributed by atoms with E-state index in [0.717, 1.165) is 0 Å². The van der Waals surface area contributed by atoms with Crippen molar-refractivity contribution >= 4 is 33.4 Å². The van der Waals surface area contributed by atoms with Gasteiger partial charge in [0, 0.05) is 62.2 Å². The number of hydrogen-bond donors (Lipinski definition) is 0. The summed E-state index contributed by atoms with van der Waals surface area (Å²) in [4.78, 5) is 44.2. The van der Waals surface area contributed by atoms with Gasteiger partial charge < -0.3 is 14.2 Å². The molecule has 0 aromatic heterocycles. The minimum absolute atomic E-state index is 0.00920. The number of carbonyl (C=O) groups excluding carboxylic acids is 2. The first kappa shape index (κ1) is 32.8. The van der Waals surface area contributed by atoms with Crippen LogP contribution in [-0.2, 0) is 29.1 Å². The molecule has 236 valence electrons. The number of esters is 2. The summed E-state index contributed by atoms with van der Waals surface area (Å²) >= 11 is 0. The normalized spacial score (nSPS) is 19.7. The van der Waals surface area contributed by atoms with Gasteiger partial charge in [-0.2, -0.15) is 4.31 Å². The molecule has 2 aliphatic heterocycles. The van der Waals surface area contributed by atoms with Gasteiger partial charge in [-0.3, -0.25) is 24.8 Å². The Morgan fingerprint density at radius 2 is 1.73 bits per heavy atom. The summed E-state index contributed by atoms with van der Waals surface area (Å²) in [5, 5.41) is 11.5. The smallest absolute Gasteiger partial charge is 0.336 e. The van der Waals surface area contributed by atoms with Crippen LogP contribution in [0.2, 0.25) is 0 Å². The maximum Gasteiger partial charge on any atom is 0.336 e. The van der Waals surface area contributed by atoms with Crippen molar-refractivity contribution in [3.05, 3.63) is 75.5 Å². The number of nitro benzene ring substituents is 1. The van der Waals surface area contributed by atoms with Crippen molar-refractivity contribution in [2.24, 2.45) is 10.9 Å². The standard InChI is InChI=1S/C30H36N4O9S/c1-5-42-29(35)26-20(2)31-21(3)27(28(26)22-7-6-8-23(19-22)34(37)38)30(36)43-18-17-32-13-15-33(16-14-32)44(39,40)25-11-9-24(41-4)10-12-25/h6-12,19,26,28H,5,13-18H2,1-4H3. The predicted molar refractivity (Wildman–Crippen MR) is 161 cm³/mol. The quantitative estimate of drug-likeness (QED) is 0.206. The number of rotatable bonds is 11. The Balaban J connectivity index is 1.44. The topological polar surface area (TPSA) is 158 Å². The first-order valence-corrected chi connectivity index (χ1v) is 15.6. The van der Waals surface area contributed by atoms with E-state index in [-0.39, 0.29) is 42.5 Å². The van der Waals surface area contributed by atoms with Gasteiger partial charge in [-0.05, 0) is 50.6 Å². The van der Waals surface area contributed by atoms with Crippen LogP contribution in [0, 0.1) is 16.0 Å². The average Bonchev–Trinajstić information content (AvgIpc) is 3.01. The molecule has 13 nitrogen and oxygen atoms in total. The van der Waals surface area contributed by atoms with Crippen LogP contribution in [0.25, 0.3) is 0 Å². The van der Waals surface area contributed by atoms with Crippen LogP contribution in [0.15, 0.2) is 69.7 Å². The molecule has 2 aromatic carbocycles. The molecular formula is C30H36N4O9S. The van der Waals surface area contributed by atoms with Gasteiger partial charge in [0.25, 0.3) is 5.69 Å². The van der Waals surface area contributed by atoms with E-state index in [9.17, 15) is 28.1 Å². The van der Waals surface area contributed by atoms with Gasteiger partial charge in [-0.25, -0.2) is 13.2 Å². The summed E-state index contributed by atoms with van der Waals surface area (Å²) in [7, 11) is -2.15. The summed E-state index contributed by atoms with van der Waals surface area (Å²) in [6.45, 7) is 6.88. The number of nitrogens with zero attached hydrogens (tertiary/aromatic N) is 4. The van der Waals surface area contributed by atoms with Gasteiger partial charge in [0.1, 0.15) is 18.3 Å². The molecule has 2 unspecified atom stereocenters. The van der Waals surface area contributed by atoms with E-state index in [1.165, 1.54) is 41.7 Å². The Morgan fingerprint density at radius 3 is 2.34 bits per heavy atom. The molecule has 14 heteroatoms. The lowest BCUT2D eigenvalue weighted by Gasteiger charge is -2.34. The highest BCUT2D eigenvalue weighted by atomic mass is 32.2. The van der Waals surface area contributed by atoms with E-state index < -0.39 is 38.7 Å². The molecular weight excluding hydrogens is 592 g/mol. The fraction of sp³-hybridized carbons (Fsp3) is 0.433. The van der Waals surface area contributed by atoms with Gasteiger partial charge in [0.15, 0.2) is 0 Å². The average molecular weight is 629 g/mol. The van der Waals surface area contributed by atoms with Crippen LogP contribution in [-0.4, -0.2) is 93.2 Å². The number of methoxy groups -OCH3 is 1. The minimum atomic E-state index is -3.66. The van der Waals surface area contributed by atoms with Gasteiger partial charge in [-0.15, -0.1) is 0 Å². The SMILES string of the molecule is CCOC(=O)C1C(C)=NC(C)=C(C(=O)OCCN2CCN(S(=O)(=O)c3ccc(OC)cc3)CC2)C1c1cccc([N+](=O)[O-])c1. The zero-order chi connectivity index (χ0) is 32.0. The molecule has 2 aliphatic rings. The van der Waals surface area contributed by atoms with Crippen LogP contribution < -0.4 is 4.74 Å². The van der Waals surface area contributed by atoms with Gasteiger partial charge in [0.2, 0.25) is 10.0 Å². The van der Waals surface area contributed by atoms with Crippen LogP contribution in [0.4, 0.5) is 5.69 Å². The van der Waals surface area contributed by atoms with Crippen LogP contribution >= 0.6 is 0 Å². The second-order valence-electron chi connectivity index (χ2n) is 10.4. The van der Waals surface area contributed by atoms with E-state index >= 15 is 0 Å². The fourth-order valence-electron chi connectivity index (χ4n) is 5.47. The molecule has 4 rings (SSSR count). The molecule has 0 N–H and O–H groups in total. The Morgan fingerprint density at radius 1 is 1.05 bits per heavy atom. The summed E-state index contributed by atoms with van der Waals surface area (Å²) < 4.78 is 43.6. The molecule has 0 radical (unpaired) electrons. The number of allylic oxidation sites excluding steroid dienone is 1. The maximum absolute atomic E-state index is 13.5. The first-order valence-electron chi connectivity index (χ1n) is 14.2. The number of benzene rings is 2. The van der Waals surface area contributed by atoms with Crippen molar-refractivity contribution in [3.8, 4) is 5.75 Å². The van der Waals surface area contributed by atoms with Gasteiger partial charge in [0.05, 0.1) is 29.1 Å². The highest BCUT2D eigenvalue weighted by Crippen LogP contribution is 2.41. The number of carbonyl (C=O) groups is 2. The van der Waals surface area contributed by atoms with Crippen molar-refractivity contribution in [2.45, 2.75) is 31.6 Å². The summed E-state index contributed by atoms with van der Waals surface area (Å²) in [5.74, 6) is -2.58. The molecule has 44 heavy (non-hydrogen) atoms. The molecule has 0 saturated carbocycles. The number of hydrogen-bond acceptors (Lipinski definition) is 11. The Hall–Kier alpha value is -4.14. The molecule has 2 aromatic rings. The molecule has 1 fully saturated rings. The second kappa shape index (κ2) is 14.1. The fourth-order valence-corrected chi connectivity index (χ4v) is 6.89. The van der Waals surface area contributed by atoms with Crippen molar-refractivity contribution in [1.82, 2.24) is 9.21 Å². The van der Waals surface area contributed by atoms with Crippen LogP contribution in [0.3, 0.4) is 0 Å². The van der Waals surface area contributed by atoms with E-state index in [1.807, 2.05) is 4.90 Å². The summed E-state index contributed by atoms with van der Waals surface area (Å²) in [6, 6.07) is 12.0. The maximum atomic E-state index is 13.5. The van der Waals surface area contributed by atoms with Crippen molar-refractivity contribution < 1.29 is 37.1 Å². The Bertz CT molecular complexity index is 1560. The lowest BCUT2D eigenvalue weighted by molar-refractivity contribution is -0.384. The first-order chi connectivity index (χ1) is 21.0.